The molecular formula is C15H25N3O. The van der Waals surface area contributed by atoms with Gasteiger partial charge in [-0.1, -0.05) is 19.8 Å². The molecule has 106 valence electrons. The van der Waals surface area contributed by atoms with Gasteiger partial charge in [0.15, 0.2) is 0 Å². The van der Waals surface area contributed by atoms with Crippen LogP contribution in [0.5, 0.6) is 0 Å². The van der Waals surface area contributed by atoms with Crippen molar-refractivity contribution in [1.29, 1.82) is 0 Å². The SMILES string of the molecule is CCCC1CCC(c2nc(CNC)cc(=O)[nH]2)CC1. The largest absolute Gasteiger partial charge is 0.314 e. The predicted molar refractivity (Wildman–Crippen MR) is 77.2 cm³/mol. The molecule has 0 bridgehead atoms. The molecule has 1 aromatic heterocycles. The zero-order chi connectivity index (χ0) is 13.7. The van der Waals surface area contributed by atoms with Crippen molar-refractivity contribution in [2.75, 3.05) is 7.05 Å². The van der Waals surface area contributed by atoms with Crippen LogP contribution in [0.3, 0.4) is 0 Å². The summed E-state index contributed by atoms with van der Waals surface area (Å²) in [6.45, 7) is 2.91. The molecule has 0 atom stereocenters. The van der Waals surface area contributed by atoms with E-state index in [-0.39, 0.29) is 5.56 Å². The number of H-pyrrole nitrogens is 1. The minimum atomic E-state index is -0.0223. The maximum atomic E-state index is 11.7. The molecular weight excluding hydrogens is 238 g/mol. The number of hydrogen-bond acceptors (Lipinski definition) is 3. The number of hydrogen-bond donors (Lipinski definition) is 2. The molecule has 0 unspecified atom stereocenters. The van der Waals surface area contributed by atoms with Crippen LogP contribution in [0.1, 0.15) is 62.9 Å². The molecule has 1 aliphatic carbocycles. The van der Waals surface area contributed by atoms with Crippen molar-refractivity contribution >= 4 is 0 Å². The summed E-state index contributed by atoms with van der Waals surface area (Å²) in [6.07, 6.45) is 7.50. The lowest BCUT2D eigenvalue weighted by molar-refractivity contribution is 0.301. The van der Waals surface area contributed by atoms with Crippen LogP contribution in [0.4, 0.5) is 0 Å². The molecule has 0 saturated heterocycles. The first-order valence-electron chi connectivity index (χ1n) is 7.47. The molecule has 0 radical (unpaired) electrons. The van der Waals surface area contributed by atoms with Gasteiger partial charge in [-0.15, -0.1) is 0 Å². The lowest BCUT2D eigenvalue weighted by Crippen LogP contribution is -2.21. The van der Waals surface area contributed by atoms with Gasteiger partial charge < -0.3 is 10.3 Å². The third-order valence-corrected chi connectivity index (χ3v) is 4.10. The summed E-state index contributed by atoms with van der Waals surface area (Å²) in [7, 11) is 1.87. The Labute approximate surface area is 115 Å². The summed E-state index contributed by atoms with van der Waals surface area (Å²) < 4.78 is 0. The Kier molecular flexibility index (Phi) is 5.14. The molecule has 19 heavy (non-hydrogen) atoms. The van der Waals surface area contributed by atoms with Gasteiger partial charge in [0, 0.05) is 18.5 Å². The predicted octanol–water partition coefficient (Wildman–Crippen LogP) is 2.56. The van der Waals surface area contributed by atoms with E-state index in [9.17, 15) is 4.79 Å². The third kappa shape index (κ3) is 3.90. The van der Waals surface area contributed by atoms with Crippen molar-refractivity contribution in [3.63, 3.8) is 0 Å². The van der Waals surface area contributed by atoms with Crippen LogP contribution < -0.4 is 10.9 Å². The Bertz CT molecular complexity index is 447. The van der Waals surface area contributed by atoms with Crippen molar-refractivity contribution < 1.29 is 0 Å². The molecule has 1 saturated carbocycles. The Morgan fingerprint density at radius 2 is 2.11 bits per heavy atom. The monoisotopic (exact) mass is 263 g/mol. The molecule has 0 spiro atoms. The Morgan fingerprint density at radius 1 is 1.37 bits per heavy atom. The van der Waals surface area contributed by atoms with E-state index >= 15 is 0 Å². The van der Waals surface area contributed by atoms with Crippen molar-refractivity contribution in [2.45, 2.75) is 57.9 Å². The van der Waals surface area contributed by atoms with Gasteiger partial charge in [-0.25, -0.2) is 4.98 Å². The summed E-state index contributed by atoms with van der Waals surface area (Å²) in [4.78, 5) is 19.2. The highest BCUT2D eigenvalue weighted by atomic mass is 16.1. The Hall–Kier alpha value is -1.16. The van der Waals surface area contributed by atoms with Crippen LogP contribution in [0.15, 0.2) is 10.9 Å². The third-order valence-electron chi connectivity index (χ3n) is 4.10. The van der Waals surface area contributed by atoms with Crippen molar-refractivity contribution in [1.82, 2.24) is 15.3 Å². The molecule has 0 aromatic carbocycles. The highest BCUT2D eigenvalue weighted by molar-refractivity contribution is 5.06. The van der Waals surface area contributed by atoms with E-state index in [0.29, 0.717) is 12.5 Å². The fraction of sp³-hybridized carbons (Fsp3) is 0.733. The van der Waals surface area contributed by atoms with Gasteiger partial charge in [0.2, 0.25) is 0 Å². The molecule has 1 aliphatic rings. The number of aromatic amines is 1. The van der Waals surface area contributed by atoms with Gasteiger partial charge in [-0.05, 0) is 38.6 Å². The number of nitrogens with zero attached hydrogens (tertiary/aromatic N) is 1. The molecule has 0 amide bonds. The lowest BCUT2D eigenvalue weighted by atomic mass is 9.80. The Balaban J connectivity index is 2.04. The normalized spacial score (nSPS) is 23.5. The van der Waals surface area contributed by atoms with Gasteiger partial charge in [-0.3, -0.25) is 4.79 Å². The van der Waals surface area contributed by atoms with Crippen molar-refractivity contribution in [3.05, 3.63) is 27.9 Å². The fourth-order valence-corrected chi connectivity index (χ4v) is 3.13. The fourth-order valence-electron chi connectivity index (χ4n) is 3.13. The first kappa shape index (κ1) is 14.3. The average molecular weight is 263 g/mol. The van der Waals surface area contributed by atoms with E-state index in [1.165, 1.54) is 25.7 Å². The second-order valence-electron chi connectivity index (χ2n) is 5.66. The molecule has 0 aliphatic heterocycles. The second-order valence-corrected chi connectivity index (χ2v) is 5.66. The smallest absolute Gasteiger partial charge is 0.251 e. The number of nitrogens with one attached hydrogen (secondary N) is 2. The highest BCUT2D eigenvalue weighted by Crippen LogP contribution is 2.35. The summed E-state index contributed by atoms with van der Waals surface area (Å²) in [6, 6.07) is 1.59. The summed E-state index contributed by atoms with van der Waals surface area (Å²) in [5, 5.41) is 3.05. The van der Waals surface area contributed by atoms with Gasteiger partial charge >= 0.3 is 0 Å². The minimum Gasteiger partial charge on any atom is -0.314 e. The quantitative estimate of drug-likeness (QED) is 0.858. The van der Waals surface area contributed by atoms with Gasteiger partial charge in [0.05, 0.1) is 5.69 Å². The van der Waals surface area contributed by atoms with Crippen LogP contribution in [0.25, 0.3) is 0 Å². The van der Waals surface area contributed by atoms with Gasteiger partial charge in [0.1, 0.15) is 5.82 Å². The number of rotatable bonds is 5. The Morgan fingerprint density at radius 3 is 2.74 bits per heavy atom. The first-order chi connectivity index (χ1) is 9.22. The standard InChI is InChI=1S/C15H25N3O/c1-3-4-11-5-7-12(8-6-11)15-17-13(10-16-2)9-14(19)18-15/h9,11-12,16H,3-8,10H2,1-2H3,(H,17,18,19). The molecule has 1 aromatic rings. The average Bonchev–Trinajstić information content (AvgIpc) is 2.40. The summed E-state index contributed by atoms with van der Waals surface area (Å²) in [5.74, 6) is 2.22. The second kappa shape index (κ2) is 6.85. The highest BCUT2D eigenvalue weighted by Gasteiger charge is 2.23. The maximum absolute atomic E-state index is 11.7. The van der Waals surface area contributed by atoms with Crippen LogP contribution in [-0.2, 0) is 6.54 Å². The molecule has 1 heterocycles. The van der Waals surface area contributed by atoms with E-state index in [1.54, 1.807) is 6.07 Å². The summed E-state index contributed by atoms with van der Waals surface area (Å²) in [5.41, 5.74) is 0.822. The zero-order valence-electron chi connectivity index (χ0n) is 12.0. The van der Waals surface area contributed by atoms with Gasteiger partial charge in [0.25, 0.3) is 5.56 Å². The zero-order valence-corrected chi connectivity index (χ0v) is 12.0. The number of aromatic nitrogens is 2. The molecule has 4 heteroatoms. The first-order valence-corrected chi connectivity index (χ1v) is 7.47. The van der Waals surface area contributed by atoms with E-state index < -0.39 is 0 Å². The van der Waals surface area contributed by atoms with Crippen LogP contribution >= 0.6 is 0 Å². The molecule has 4 nitrogen and oxygen atoms in total. The molecule has 1 fully saturated rings. The van der Waals surface area contributed by atoms with Crippen LogP contribution in [0.2, 0.25) is 0 Å². The lowest BCUT2D eigenvalue weighted by Gasteiger charge is -2.27. The minimum absolute atomic E-state index is 0.0223. The van der Waals surface area contributed by atoms with Crippen molar-refractivity contribution in [2.24, 2.45) is 5.92 Å². The maximum Gasteiger partial charge on any atom is 0.251 e. The van der Waals surface area contributed by atoms with E-state index in [2.05, 4.69) is 22.2 Å². The van der Waals surface area contributed by atoms with Crippen LogP contribution in [-0.4, -0.2) is 17.0 Å². The van der Waals surface area contributed by atoms with E-state index in [4.69, 9.17) is 0 Å². The van der Waals surface area contributed by atoms with Crippen LogP contribution in [0, 0.1) is 5.92 Å². The topological polar surface area (TPSA) is 57.8 Å². The summed E-state index contributed by atoms with van der Waals surface area (Å²) >= 11 is 0. The molecule has 2 rings (SSSR count). The molecule has 2 N–H and O–H groups in total. The van der Waals surface area contributed by atoms with Crippen molar-refractivity contribution in [3.8, 4) is 0 Å². The van der Waals surface area contributed by atoms with E-state index in [1.807, 2.05) is 7.05 Å². The van der Waals surface area contributed by atoms with Gasteiger partial charge in [-0.2, -0.15) is 0 Å². The van der Waals surface area contributed by atoms with E-state index in [0.717, 1.165) is 30.3 Å².